The fourth-order valence-electron chi connectivity index (χ4n) is 3.10. The standard InChI is InChI=1S/C20H21N5O2S/c1-12-7-9-14(10-8-12)17-18(28-20-23-22-13(2)25(20)24-17)19(26)21-15-5-4-6-16(11-15)27-3/h4-11,17-18,24H,1-3H3,(H,21,26)/t17-,18-/m1/s1. The fraction of sp³-hybridized carbons (Fsp3) is 0.250. The largest absolute Gasteiger partial charge is 0.497 e. The van der Waals surface area contributed by atoms with Crippen molar-refractivity contribution in [3.05, 3.63) is 65.5 Å². The number of aromatic nitrogens is 3. The number of carbonyl (C=O) groups is 1. The molecule has 28 heavy (non-hydrogen) atoms. The fourth-order valence-corrected chi connectivity index (χ4v) is 4.22. The molecule has 2 atom stereocenters. The lowest BCUT2D eigenvalue weighted by Gasteiger charge is -2.32. The van der Waals surface area contributed by atoms with Gasteiger partial charge in [-0.15, -0.1) is 10.2 Å². The first kappa shape index (κ1) is 18.4. The molecule has 3 aromatic rings. The zero-order valence-corrected chi connectivity index (χ0v) is 16.7. The van der Waals surface area contributed by atoms with Crippen molar-refractivity contribution in [2.24, 2.45) is 0 Å². The normalized spacial score (nSPS) is 18.1. The van der Waals surface area contributed by atoms with Gasteiger partial charge in [-0.3, -0.25) is 4.79 Å². The van der Waals surface area contributed by atoms with Crippen molar-refractivity contribution >= 4 is 23.4 Å². The zero-order chi connectivity index (χ0) is 19.7. The highest BCUT2D eigenvalue weighted by Crippen LogP contribution is 2.37. The Bertz CT molecular complexity index is 1000. The minimum Gasteiger partial charge on any atom is -0.497 e. The van der Waals surface area contributed by atoms with Crippen LogP contribution < -0.4 is 15.5 Å². The second kappa shape index (κ2) is 7.55. The third kappa shape index (κ3) is 3.55. The van der Waals surface area contributed by atoms with E-state index >= 15 is 0 Å². The van der Waals surface area contributed by atoms with Crippen LogP contribution in [0.5, 0.6) is 5.75 Å². The Morgan fingerprint density at radius 2 is 1.96 bits per heavy atom. The maximum Gasteiger partial charge on any atom is 0.240 e. The van der Waals surface area contributed by atoms with Crippen LogP contribution in [-0.2, 0) is 4.79 Å². The first-order chi connectivity index (χ1) is 13.5. The van der Waals surface area contributed by atoms with Crippen molar-refractivity contribution in [3.8, 4) is 5.75 Å². The zero-order valence-electron chi connectivity index (χ0n) is 15.8. The SMILES string of the molecule is COc1cccc(NC(=O)[C@@H]2Sc3nnc(C)n3N[C@@H]2c2ccc(C)cc2)c1. The molecule has 1 aromatic heterocycles. The summed E-state index contributed by atoms with van der Waals surface area (Å²) in [5.74, 6) is 1.34. The Hall–Kier alpha value is -3.00. The molecule has 1 amide bonds. The van der Waals surface area contributed by atoms with Gasteiger partial charge in [0, 0.05) is 11.8 Å². The molecular weight excluding hydrogens is 374 g/mol. The molecule has 4 rings (SSSR count). The predicted octanol–water partition coefficient (Wildman–Crippen LogP) is 3.30. The monoisotopic (exact) mass is 395 g/mol. The summed E-state index contributed by atoms with van der Waals surface area (Å²) in [6, 6.07) is 15.3. The van der Waals surface area contributed by atoms with Crippen LogP contribution in [0.3, 0.4) is 0 Å². The van der Waals surface area contributed by atoms with Gasteiger partial charge in [-0.05, 0) is 31.5 Å². The first-order valence-corrected chi connectivity index (χ1v) is 9.80. The van der Waals surface area contributed by atoms with Crippen LogP contribution in [0, 0.1) is 13.8 Å². The van der Waals surface area contributed by atoms with Crippen molar-refractivity contribution in [3.63, 3.8) is 0 Å². The number of anilines is 1. The van der Waals surface area contributed by atoms with Crippen LogP contribution in [0.25, 0.3) is 0 Å². The number of hydrogen-bond donors (Lipinski definition) is 2. The van der Waals surface area contributed by atoms with Gasteiger partial charge in [-0.1, -0.05) is 47.7 Å². The van der Waals surface area contributed by atoms with E-state index in [1.165, 1.54) is 17.3 Å². The molecule has 2 aromatic carbocycles. The number of ether oxygens (including phenoxy) is 1. The number of carbonyl (C=O) groups excluding carboxylic acids is 1. The summed E-state index contributed by atoms with van der Waals surface area (Å²) in [7, 11) is 1.60. The van der Waals surface area contributed by atoms with Gasteiger partial charge in [0.15, 0.2) is 0 Å². The minimum atomic E-state index is -0.412. The molecule has 8 heteroatoms. The van der Waals surface area contributed by atoms with Gasteiger partial charge in [0.25, 0.3) is 0 Å². The molecule has 0 fully saturated rings. The lowest BCUT2D eigenvalue weighted by molar-refractivity contribution is -0.116. The van der Waals surface area contributed by atoms with E-state index in [4.69, 9.17) is 4.74 Å². The summed E-state index contributed by atoms with van der Waals surface area (Å²) in [5, 5.41) is 11.6. The second-order valence-corrected chi connectivity index (χ2v) is 7.75. The van der Waals surface area contributed by atoms with E-state index < -0.39 is 5.25 Å². The molecule has 0 saturated carbocycles. The Morgan fingerprint density at radius 3 is 2.71 bits per heavy atom. The molecule has 2 N–H and O–H groups in total. The van der Waals surface area contributed by atoms with Crippen LogP contribution in [0.4, 0.5) is 5.69 Å². The number of aryl methyl sites for hydroxylation is 2. The summed E-state index contributed by atoms with van der Waals surface area (Å²) >= 11 is 1.41. The van der Waals surface area contributed by atoms with Crippen LogP contribution in [-0.4, -0.2) is 33.1 Å². The molecule has 7 nitrogen and oxygen atoms in total. The number of benzene rings is 2. The number of fused-ring (bicyclic) bond motifs is 1. The number of thioether (sulfide) groups is 1. The minimum absolute atomic E-state index is 0.108. The number of nitrogens with one attached hydrogen (secondary N) is 2. The summed E-state index contributed by atoms with van der Waals surface area (Å²) in [6.45, 7) is 3.93. The Labute approximate surface area is 167 Å². The van der Waals surface area contributed by atoms with E-state index in [-0.39, 0.29) is 11.9 Å². The van der Waals surface area contributed by atoms with Gasteiger partial charge in [-0.2, -0.15) is 0 Å². The van der Waals surface area contributed by atoms with Gasteiger partial charge in [-0.25, -0.2) is 4.68 Å². The topological polar surface area (TPSA) is 81.1 Å². The van der Waals surface area contributed by atoms with E-state index in [0.29, 0.717) is 16.6 Å². The smallest absolute Gasteiger partial charge is 0.240 e. The maximum absolute atomic E-state index is 13.2. The van der Waals surface area contributed by atoms with Crippen molar-refractivity contribution in [2.75, 3.05) is 17.9 Å². The molecule has 0 spiro atoms. The molecule has 0 bridgehead atoms. The van der Waals surface area contributed by atoms with Gasteiger partial charge >= 0.3 is 0 Å². The van der Waals surface area contributed by atoms with Gasteiger partial charge in [0.1, 0.15) is 16.8 Å². The highest BCUT2D eigenvalue weighted by molar-refractivity contribution is 8.00. The number of rotatable bonds is 4. The van der Waals surface area contributed by atoms with Crippen LogP contribution in [0.2, 0.25) is 0 Å². The molecule has 144 valence electrons. The quantitative estimate of drug-likeness (QED) is 0.706. The lowest BCUT2D eigenvalue weighted by atomic mass is 10.0. The van der Waals surface area contributed by atoms with Crippen LogP contribution in [0.15, 0.2) is 53.7 Å². The van der Waals surface area contributed by atoms with Crippen molar-refractivity contribution in [1.29, 1.82) is 0 Å². The van der Waals surface area contributed by atoms with E-state index in [9.17, 15) is 4.79 Å². The van der Waals surface area contributed by atoms with Crippen molar-refractivity contribution < 1.29 is 9.53 Å². The molecule has 1 aliphatic heterocycles. The molecule has 0 saturated heterocycles. The van der Waals surface area contributed by atoms with Crippen molar-refractivity contribution in [2.45, 2.75) is 30.3 Å². The summed E-state index contributed by atoms with van der Waals surface area (Å²) in [4.78, 5) is 13.2. The van der Waals surface area contributed by atoms with Gasteiger partial charge < -0.3 is 15.5 Å². The molecule has 0 unspecified atom stereocenters. The Balaban J connectivity index is 1.65. The van der Waals surface area contributed by atoms with Gasteiger partial charge in [0.05, 0.1) is 13.2 Å². The Morgan fingerprint density at radius 1 is 1.18 bits per heavy atom. The summed E-state index contributed by atoms with van der Waals surface area (Å²) in [6.07, 6.45) is 0. The third-order valence-corrected chi connectivity index (χ3v) is 5.85. The van der Waals surface area contributed by atoms with E-state index in [0.717, 1.165) is 11.4 Å². The number of nitrogens with zero attached hydrogens (tertiary/aromatic N) is 3. The molecule has 0 radical (unpaired) electrons. The molecule has 0 aliphatic carbocycles. The van der Waals surface area contributed by atoms with E-state index in [2.05, 4.69) is 20.9 Å². The summed E-state index contributed by atoms with van der Waals surface area (Å²) in [5.41, 5.74) is 6.30. The average molecular weight is 395 g/mol. The average Bonchev–Trinajstić information content (AvgIpc) is 3.08. The highest BCUT2D eigenvalue weighted by Gasteiger charge is 2.37. The van der Waals surface area contributed by atoms with Crippen LogP contribution >= 0.6 is 11.8 Å². The second-order valence-electron chi connectivity index (χ2n) is 6.64. The first-order valence-electron chi connectivity index (χ1n) is 8.92. The third-order valence-electron chi connectivity index (χ3n) is 4.63. The van der Waals surface area contributed by atoms with E-state index in [1.54, 1.807) is 13.2 Å². The highest BCUT2D eigenvalue weighted by atomic mass is 32.2. The number of hydrogen-bond acceptors (Lipinski definition) is 6. The summed E-state index contributed by atoms with van der Waals surface area (Å²) < 4.78 is 7.08. The molecular formula is C20H21N5O2S. The van der Waals surface area contributed by atoms with Crippen molar-refractivity contribution in [1.82, 2.24) is 14.9 Å². The predicted molar refractivity (Wildman–Crippen MR) is 109 cm³/mol. The Kier molecular flexibility index (Phi) is 4.95. The molecule has 2 heterocycles. The number of amides is 1. The van der Waals surface area contributed by atoms with Crippen LogP contribution in [0.1, 0.15) is 23.0 Å². The number of methoxy groups -OCH3 is 1. The lowest BCUT2D eigenvalue weighted by Crippen LogP contribution is -2.41. The van der Waals surface area contributed by atoms with E-state index in [1.807, 2.05) is 61.0 Å². The van der Waals surface area contributed by atoms with Gasteiger partial charge in [0.2, 0.25) is 11.1 Å². The maximum atomic E-state index is 13.2. The molecule has 1 aliphatic rings.